The van der Waals surface area contributed by atoms with Gasteiger partial charge < -0.3 is 11.5 Å². The maximum absolute atomic E-state index is 13.1. The van der Waals surface area contributed by atoms with E-state index in [4.69, 9.17) is 16.5 Å². The van der Waals surface area contributed by atoms with Crippen molar-refractivity contribution in [3.8, 4) is 0 Å². The summed E-state index contributed by atoms with van der Waals surface area (Å²) in [5.74, 6) is 0.421. The molecule has 1 spiro atoms. The number of benzene rings is 2. The lowest BCUT2D eigenvalue weighted by Crippen LogP contribution is -2.58. The maximum atomic E-state index is 13.1. The Labute approximate surface area is 162 Å². The minimum Gasteiger partial charge on any atom is -0.369 e. The predicted molar refractivity (Wildman–Crippen MR) is 109 cm³/mol. The van der Waals surface area contributed by atoms with E-state index in [-0.39, 0.29) is 11.8 Å². The molecule has 0 aromatic heterocycles. The van der Waals surface area contributed by atoms with Gasteiger partial charge in [-0.1, -0.05) is 18.2 Å². The van der Waals surface area contributed by atoms with E-state index < -0.39 is 5.66 Å². The van der Waals surface area contributed by atoms with Crippen LogP contribution in [0.3, 0.4) is 0 Å². The summed E-state index contributed by atoms with van der Waals surface area (Å²) in [6.45, 7) is 0. The molecular formula is C20H22FN5S. The van der Waals surface area contributed by atoms with Gasteiger partial charge in [0.2, 0.25) is 11.9 Å². The number of aliphatic imine (C=N–C) groups is 2. The average molecular weight is 383 g/mol. The Morgan fingerprint density at radius 2 is 1.48 bits per heavy atom. The molecule has 4 rings (SSSR count). The van der Waals surface area contributed by atoms with Crippen LogP contribution in [0, 0.1) is 5.82 Å². The summed E-state index contributed by atoms with van der Waals surface area (Å²) in [4.78, 5) is 13.0. The monoisotopic (exact) mass is 383 g/mol. The van der Waals surface area contributed by atoms with Crippen molar-refractivity contribution < 1.29 is 4.39 Å². The summed E-state index contributed by atoms with van der Waals surface area (Å²) < 4.78 is 13.1. The smallest absolute Gasteiger partial charge is 0.220 e. The molecule has 1 aliphatic carbocycles. The van der Waals surface area contributed by atoms with Gasteiger partial charge in [-0.05, 0) is 74.2 Å². The zero-order valence-corrected chi connectivity index (χ0v) is 15.8. The summed E-state index contributed by atoms with van der Waals surface area (Å²) >= 11 is 1.59. The summed E-state index contributed by atoms with van der Waals surface area (Å²) in [5, 5.41) is 0. The molecule has 7 heteroatoms. The molecule has 1 aliphatic heterocycles. The van der Waals surface area contributed by atoms with Crippen LogP contribution >= 0.6 is 11.8 Å². The van der Waals surface area contributed by atoms with Gasteiger partial charge >= 0.3 is 0 Å². The highest BCUT2D eigenvalue weighted by molar-refractivity contribution is 7.99. The van der Waals surface area contributed by atoms with Crippen molar-refractivity contribution in [2.45, 2.75) is 47.6 Å². The first-order valence-electron chi connectivity index (χ1n) is 9.09. The topological polar surface area (TPSA) is 80.0 Å². The van der Waals surface area contributed by atoms with Gasteiger partial charge in [-0.2, -0.15) is 4.99 Å². The Kier molecular flexibility index (Phi) is 4.78. The molecule has 0 radical (unpaired) electrons. The van der Waals surface area contributed by atoms with Gasteiger partial charge in [-0.3, -0.25) is 4.90 Å². The van der Waals surface area contributed by atoms with E-state index in [1.807, 2.05) is 29.2 Å². The van der Waals surface area contributed by atoms with Gasteiger partial charge in [0, 0.05) is 15.5 Å². The van der Waals surface area contributed by atoms with E-state index in [0.717, 1.165) is 41.2 Å². The SMILES string of the molecule is NC1=NC2(CCCCC2)N(c2ccc(Sc3ccc(F)cc3)cc2)C(N)=N1. The van der Waals surface area contributed by atoms with Gasteiger partial charge in [-0.25, -0.2) is 9.38 Å². The number of guanidine groups is 2. The number of hydrogen-bond donors (Lipinski definition) is 2. The molecule has 1 saturated carbocycles. The molecule has 2 aliphatic rings. The van der Waals surface area contributed by atoms with E-state index in [1.54, 1.807) is 23.9 Å². The first-order valence-corrected chi connectivity index (χ1v) is 9.91. The average Bonchev–Trinajstić information content (AvgIpc) is 2.65. The van der Waals surface area contributed by atoms with E-state index in [1.165, 1.54) is 18.6 Å². The molecule has 1 heterocycles. The zero-order valence-electron chi connectivity index (χ0n) is 14.9. The summed E-state index contributed by atoms with van der Waals surface area (Å²) in [6.07, 6.45) is 5.22. The molecule has 2 aromatic rings. The van der Waals surface area contributed by atoms with Gasteiger partial charge in [0.15, 0.2) is 0 Å². The highest BCUT2D eigenvalue weighted by atomic mass is 32.2. The molecule has 0 amide bonds. The van der Waals surface area contributed by atoms with Crippen molar-refractivity contribution in [3.63, 3.8) is 0 Å². The third-order valence-electron chi connectivity index (χ3n) is 5.00. The Bertz CT molecular complexity index is 870. The van der Waals surface area contributed by atoms with Gasteiger partial charge in [-0.15, -0.1) is 0 Å². The Morgan fingerprint density at radius 3 is 2.11 bits per heavy atom. The van der Waals surface area contributed by atoms with Crippen LogP contribution in [0.1, 0.15) is 32.1 Å². The second kappa shape index (κ2) is 7.23. The lowest BCUT2D eigenvalue weighted by molar-refractivity contribution is 0.305. The van der Waals surface area contributed by atoms with Crippen LogP contribution < -0.4 is 16.4 Å². The van der Waals surface area contributed by atoms with E-state index >= 15 is 0 Å². The predicted octanol–water partition coefficient (Wildman–Crippen LogP) is 4.09. The Morgan fingerprint density at radius 1 is 0.889 bits per heavy atom. The minimum atomic E-state index is -0.431. The number of halogens is 1. The molecule has 0 bridgehead atoms. The molecule has 27 heavy (non-hydrogen) atoms. The fraction of sp³-hybridized carbons (Fsp3) is 0.300. The van der Waals surface area contributed by atoms with Crippen LogP contribution in [0.15, 0.2) is 68.3 Å². The quantitative estimate of drug-likeness (QED) is 0.837. The second-order valence-corrected chi connectivity index (χ2v) is 8.02. The summed E-state index contributed by atoms with van der Waals surface area (Å²) in [7, 11) is 0. The zero-order chi connectivity index (χ0) is 18.9. The number of rotatable bonds is 3. The number of hydrogen-bond acceptors (Lipinski definition) is 6. The highest BCUT2D eigenvalue weighted by Gasteiger charge is 2.42. The van der Waals surface area contributed by atoms with Crippen molar-refractivity contribution in [2.24, 2.45) is 21.5 Å². The standard InChI is InChI=1S/C20H22FN5S/c21-14-4-8-16(9-5-14)27-17-10-6-15(7-11-17)26-19(23)24-18(22)25-20(26)12-2-1-3-13-20/h4-11H,1-3,12-13H2,(H4,22,23,24,25). The summed E-state index contributed by atoms with van der Waals surface area (Å²) in [5.41, 5.74) is 12.7. The molecule has 1 fully saturated rings. The van der Waals surface area contributed by atoms with Crippen LogP contribution in [0.2, 0.25) is 0 Å². The molecule has 2 aromatic carbocycles. The lowest BCUT2D eigenvalue weighted by Gasteiger charge is -2.45. The fourth-order valence-electron chi connectivity index (χ4n) is 3.80. The van der Waals surface area contributed by atoms with Crippen LogP contribution in [-0.2, 0) is 0 Å². The van der Waals surface area contributed by atoms with Crippen LogP contribution in [0.4, 0.5) is 10.1 Å². The van der Waals surface area contributed by atoms with E-state index in [2.05, 4.69) is 4.99 Å². The van der Waals surface area contributed by atoms with E-state index in [0.29, 0.717) is 5.96 Å². The van der Waals surface area contributed by atoms with E-state index in [9.17, 15) is 4.39 Å². The van der Waals surface area contributed by atoms with Gasteiger partial charge in [0.25, 0.3) is 0 Å². The third kappa shape index (κ3) is 3.64. The third-order valence-corrected chi connectivity index (χ3v) is 6.01. The van der Waals surface area contributed by atoms with Crippen LogP contribution in [0.25, 0.3) is 0 Å². The molecule has 0 saturated heterocycles. The molecule has 0 atom stereocenters. The van der Waals surface area contributed by atoms with Crippen molar-refractivity contribution in [3.05, 3.63) is 54.3 Å². The molecule has 4 N–H and O–H groups in total. The first-order chi connectivity index (χ1) is 13.1. The van der Waals surface area contributed by atoms with Crippen molar-refractivity contribution in [2.75, 3.05) is 4.90 Å². The van der Waals surface area contributed by atoms with Crippen LogP contribution in [0.5, 0.6) is 0 Å². The summed E-state index contributed by atoms with van der Waals surface area (Å²) in [6, 6.07) is 14.6. The number of nitrogens with zero attached hydrogens (tertiary/aromatic N) is 3. The lowest BCUT2D eigenvalue weighted by atomic mass is 9.87. The molecule has 0 unspecified atom stereocenters. The molecular weight excluding hydrogens is 361 g/mol. The normalized spacial score (nSPS) is 18.9. The Balaban J connectivity index is 1.60. The van der Waals surface area contributed by atoms with Crippen LogP contribution in [-0.4, -0.2) is 17.6 Å². The minimum absolute atomic E-state index is 0.229. The Hall–Kier alpha value is -2.54. The highest BCUT2D eigenvalue weighted by Crippen LogP contribution is 2.40. The van der Waals surface area contributed by atoms with Crippen molar-refractivity contribution >= 4 is 29.4 Å². The number of anilines is 1. The van der Waals surface area contributed by atoms with Gasteiger partial charge in [0.1, 0.15) is 11.5 Å². The van der Waals surface area contributed by atoms with Gasteiger partial charge in [0.05, 0.1) is 0 Å². The molecule has 5 nitrogen and oxygen atoms in total. The largest absolute Gasteiger partial charge is 0.369 e. The number of nitrogens with two attached hydrogens (primary N) is 2. The van der Waals surface area contributed by atoms with Crippen molar-refractivity contribution in [1.82, 2.24) is 0 Å². The molecule has 140 valence electrons. The first kappa shape index (κ1) is 17.9. The second-order valence-electron chi connectivity index (χ2n) is 6.87. The van der Waals surface area contributed by atoms with Crippen molar-refractivity contribution in [1.29, 1.82) is 0 Å². The fourth-order valence-corrected chi connectivity index (χ4v) is 4.61. The maximum Gasteiger partial charge on any atom is 0.220 e.